The number of benzene rings is 2. The summed E-state index contributed by atoms with van der Waals surface area (Å²) in [6.45, 7) is 2.98. The Morgan fingerprint density at radius 1 is 0.969 bits per heavy atom. The molecule has 8 rings (SSSR count). The molecule has 3 aliphatic rings. The molecule has 5 N–H and O–H groups in total. The van der Waals surface area contributed by atoms with Crippen molar-refractivity contribution in [3.63, 3.8) is 0 Å². The molecule has 65 heavy (non-hydrogen) atoms. The number of aromatic nitrogens is 3. The van der Waals surface area contributed by atoms with Crippen molar-refractivity contribution in [1.29, 1.82) is 0 Å². The van der Waals surface area contributed by atoms with Gasteiger partial charge in [-0.1, -0.05) is 19.1 Å². The Balaban J connectivity index is 0.852. The fraction of sp³-hybridized carbons (Fsp3) is 0.386. The summed E-state index contributed by atoms with van der Waals surface area (Å²) in [4.78, 5) is 55.5. The number of anilines is 3. The number of alkyl halides is 2. The van der Waals surface area contributed by atoms with Gasteiger partial charge in [-0.2, -0.15) is 12.7 Å². The molecule has 0 radical (unpaired) electrons. The number of nitrogens with zero attached hydrogens (tertiary/aromatic N) is 6. The number of piperidine rings is 2. The monoisotopic (exact) mass is 920 g/mol. The maximum Gasteiger partial charge on any atom is 0.301 e. The molecule has 0 bridgehead atoms. The van der Waals surface area contributed by atoms with E-state index in [4.69, 9.17) is 0 Å². The lowest BCUT2D eigenvalue weighted by Gasteiger charge is -2.40. The van der Waals surface area contributed by atoms with Crippen molar-refractivity contribution in [3.8, 4) is 11.1 Å². The molecule has 344 valence electrons. The van der Waals surface area contributed by atoms with E-state index in [-0.39, 0.29) is 60.4 Å². The Bertz CT molecular complexity index is 2700. The van der Waals surface area contributed by atoms with Gasteiger partial charge in [0.15, 0.2) is 5.82 Å². The van der Waals surface area contributed by atoms with Crippen LogP contribution in [0.15, 0.2) is 73.2 Å². The van der Waals surface area contributed by atoms with Crippen LogP contribution in [0.4, 0.5) is 34.8 Å². The van der Waals surface area contributed by atoms with Crippen molar-refractivity contribution in [2.45, 2.75) is 50.3 Å². The lowest BCUT2D eigenvalue weighted by Crippen LogP contribution is -2.54. The molecule has 3 atom stereocenters. The predicted octanol–water partition coefficient (Wildman–Crippen LogP) is 4.52. The lowest BCUT2D eigenvalue weighted by atomic mass is 9.86. The van der Waals surface area contributed by atoms with Gasteiger partial charge in [-0.25, -0.2) is 27.5 Å². The number of hydrogen-bond donors (Lipinski definition) is 5. The molecule has 0 spiro atoms. The highest BCUT2D eigenvalue weighted by Gasteiger charge is 2.46. The summed E-state index contributed by atoms with van der Waals surface area (Å²) in [5.41, 5.74) is 1.00. The number of rotatable bonds is 13. The van der Waals surface area contributed by atoms with Crippen LogP contribution < -0.4 is 20.3 Å². The molecule has 3 fully saturated rings. The van der Waals surface area contributed by atoms with Crippen molar-refractivity contribution in [2.24, 2.45) is 0 Å². The van der Waals surface area contributed by atoms with Gasteiger partial charge < -0.3 is 30.5 Å². The molecule has 16 nitrogen and oxygen atoms in total. The number of fused-ring (bicyclic) bond motifs is 1. The largest absolute Gasteiger partial charge is 0.378 e. The highest BCUT2D eigenvalue weighted by molar-refractivity contribution is 7.90. The molecule has 5 aromatic rings. The molecule has 6 heterocycles. The van der Waals surface area contributed by atoms with Crippen LogP contribution in [-0.4, -0.2) is 138 Å². The minimum atomic E-state index is -4.17. The van der Waals surface area contributed by atoms with Crippen LogP contribution in [0.25, 0.3) is 22.2 Å². The average molecular weight is 921 g/mol. The first kappa shape index (κ1) is 45.4. The van der Waals surface area contributed by atoms with Crippen molar-refractivity contribution in [2.75, 3.05) is 74.3 Å². The van der Waals surface area contributed by atoms with Crippen molar-refractivity contribution in [1.82, 2.24) is 34.4 Å². The second-order valence-corrected chi connectivity index (χ2v) is 18.2. The number of amides is 2. The zero-order valence-corrected chi connectivity index (χ0v) is 36.3. The summed E-state index contributed by atoms with van der Waals surface area (Å²) in [5, 5.41) is 16.0. The van der Waals surface area contributed by atoms with Gasteiger partial charge in [0.2, 0.25) is 17.6 Å². The smallest absolute Gasteiger partial charge is 0.301 e. The normalized spacial score (nSPS) is 20.5. The summed E-state index contributed by atoms with van der Waals surface area (Å²) in [6, 6.07) is 13.3. The van der Waals surface area contributed by atoms with E-state index in [0.29, 0.717) is 67.3 Å². The molecule has 21 heteroatoms. The molecule has 2 unspecified atom stereocenters. The predicted molar refractivity (Wildman–Crippen MR) is 235 cm³/mol. The summed E-state index contributed by atoms with van der Waals surface area (Å²) in [5.74, 6) is -7.45. The molecule has 2 amide bonds. The number of aromatic amines is 1. The zero-order chi connectivity index (χ0) is 46.2. The number of carbonyl (C=O) groups is 3. The number of carbonyl (C=O) groups excluding carboxylic acids is 3. The first-order valence-corrected chi connectivity index (χ1v) is 22.6. The van der Waals surface area contributed by atoms with E-state index in [1.807, 2.05) is 4.90 Å². The minimum Gasteiger partial charge on any atom is -0.378 e. The molecular weight excluding hydrogens is 873 g/mol. The third kappa shape index (κ3) is 9.63. The fourth-order valence-corrected chi connectivity index (χ4v) is 9.38. The zero-order valence-electron chi connectivity index (χ0n) is 35.5. The van der Waals surface area contributed by atoms with E-state index in [9.17, 15) is 27.9 Å². The van der Waals surface area contributed by atoms with E-state index in [0.717, 1.165) is 16.4 Å². The van der Waals surface area contributed by atoms with E-state index in [1.54, 1.807) is 66.7 Å². The molecule has 2 aromatic carbocycles. The minimum absolute atomic E-state index is 0.0830. The van der Waals surface area contributed by atoms with Crippen LogP contribution >= 0.6 is 0 Å². The van der Waals surface area contributed by atoms with Crippen LogP contribution in [0.3, 0.4) is 0 Å². The van der Waals surface area contributed by atoms with Gasteiger partial charge in [-0.15, -0.1) is 0 Å². The van der Waals surface area contributed by atoms with E-state index in [2.05, 4.69) is 30.3 Å². The molecule has 0 aliphatic carbocycles. The van der Waals surface area contributed by atoms with Gasteiger partial charge in [0.25, 0.3) is 5.92 Å². The van der Waals surface area contributed by atoms with Crippen LogP contribution in [0.1, 0.15) is 53.6 Å². The number of aliphatic hydroxyl groups is 1. The van der Waals surface area contributed by atoms with Crippen LogP contribution in [0, 0.1) is 11.6 Å². The number of H-pyrrole nitrogens is 1. The van der Waals surface area contributed by atoms with Crippen LogP contribution in [0.2, 0.25) is 0 Å². The van der Waals surface area contributed by atoms with E-state index < -0.39 is 63.5 Å². The number of pyridine rings is 2. The summed E-state index contributed by atoms with van der Waals surface area (Å²) >= 11 is 0. The summed E-state index contributed by atoms with van der Waals surface area (Å²) in [7, 11) is -2.89. The molecule has 0 saturated carbocycles. The van der Waals surface area contributed by atoms with E-state index >= 15 is 17.6 Å². The number of ketones is 1. The van der Waals surface area contributed by atoms with Gasteiger partial charge >= 0.3 is 10.2 Å². The topological polar surface area (TPSA) is 196 Å². The maximum absolute atomic E-state index is 15.6. The highest BCUT2D eigenvalue weighted by Crippen LogP contribution is 2.41. The maximum atomic E-state index is 15.6. The Labute approximate surface area is 372 Å². The number of hydrogen-bond acceptors (Lipinski definition) is 11. The number of halogens is 4. The second-order valence-electron chi connectivity index (χ2n) is 16.5. The SMILES string of the molecule is CCN(C)S(=O)(=O)Nc1ccc(F)c(C(=O)c2c[nH]c3ncc(-c4ccc(N5CCN(C(=O)CN6CC[C@@H](c7ccc(NC8CCC(=O)NC8O)cc7)C(F)(F)C6)CC5)nc4)cc23)c1F. The third-order valence-electron chi connectivity index (χ3n) is 12.3. The quantitative estimate of drug-likeness (QED) is 0.0823. The Morgan fingerprint density at radius 2 is 1.71 bits per heavy atom. The van der Waals surface area contributed by atoms with Crippen LogP contribution in [-0.2, 0) is 19.8 Å². The molecule has 3 saturated heterocycles. The first-order valence-electron chi connectivity index (χ1n) is 21.2. The molecule has 3 aliphatic heterocycles. The fourth-order valence-electron chi connectivity index (χ4n) is 8.44. The van der Waals surface area contributed by atoms with Gasteiger partial charge in [0, 0.05) is 92.5 Å². The standard InChI is InChI=1S/C44H48F4N10O6S/c1-3-55(2)65(63,64)54-34-10-9-33(45)39(40(34)46)41(61)31-23-51-42-30(31)20-28(22-50-42)27-6-12-36(49-21-27)57-16-18-58(19-17-57)38(60)24-56-15-14-32(44(47,48)25-56)26-4-7-29(8-5-26)52-35-11-13-37(59)53-43(35)62/h4-10,12,20-23,32,35,43,52,54,62H,3,11,13-19,24-25H2,1-2H3,(H,50,51)(H,53,59)/t32-,35?,43?/m0/s1. The average Bonchev–Trinajstić information content (AvgIpc) is 3.72. The molecule has 3 aromatic heterocycles. The first-order chi connectivity index (χ1) is 31.0. The summed E-state index contributed by atoms with van der Waals surface area (Å²) < 4.78 is 89.9. The van der Waals surface area contributed by atoms with Gasteiger partial charge in [-0.05, 0) is 67.4 Å². The third-order valence-corrected chi connectivity index (χ3v) is 13.9. The molecular formula is C44H48F4N10O6S. The Morgan fingerprint density at radius 3 is 2.38 bits per heavy atom. The number of aliphatic hydroxyl groups excluding tert-OH is 1. The Kier molecular flexibility index (Phi) is 12.8. The van der Waals surface area contributed by atoms with Gasteiger partial charge in [0.05, 0.1) is 36.3 Å². The highest BCUT2D eigenvalue weighted by atomic mass is 32.2. The number of nitrogens with one attached hydrogen (secondary N) is 4. The van der Waals surface area contributed by atoms with Crippen molar-refractivity contribution in [3.05, 3.63) is 102 Å². The van der Waals surface area contributed by atoms with Crippen molar-refractivity contribution < 1.29 is 45.5 Å². The van der Waals surface area contributed by atoms with Gasteiger partial charge in [-0.3, -0.25) is 24.0 Å². The van der Waals surface area contributed by atoms with Crippen molar-refractivity contribution >= 4 is 56.0 Å². The van der Waals surface area contributed by atoms with Gasteiger partial charge in [0.1, 0.15) is 23.5 Å². The van der Waals surface area contributed by atoms with Crippen LogP contribution in [0.5, 0.6) is 0 Å². The number of likely N-dealkylation sites (tertiary alicyclic amines) is 1. The second kappa shape index (κ2) is 18.4. The number of piperazine rings is 1. The van der Waals surface area contributed by atoms with E-state index in [1.165, 1.54) is 18.1 Å². The lowest BCUT2D eigenvalue weighted by molar-refractivity contribution is -0.136. The summed E-state index contributed by atoms with van der Waals surface area (Å²) in [6.07, 6.45) is 4.31. The Hall–Kier alpha value is -6.16.